The van der Waals surface area contributed by atoms with Crippen LogP contribution in [-0.2, 0) is 15.7 Å². The average molecular weight is 479 g/mol. The highest BCUT2D eigenvalue weighted by Gasteiger charge is 2.51. The molecule has 3 heterocycles. The van der Waals surface area contributed by atoms with Crippen molar-refractivity contribution < 1.29 is 14.0 Å². The van der Waals surface area contributed by atoms with Gasteiger partial charge in [-0.25, -0.2) is 4.98 Å². The smallest absolute Gasteiger partial charge is 0.494 e. The third-order valence-corrected chi connectivity index (χ3v) is 7.61. The summed E-state index contributed by atoms with van der Waals surface area (Å²) in [5.74, 6) is 1.67. The molecule has 0 amide bonds. The maximum Gasteiger partial charge on any atom is 0.494 e. The highest BCUT2D eigenvalue weighted by Crippen LogP contribution is 2.37. The van der Waals surface area contributed by atoms with Crippen LogP contribution in [0, 0.1) is 0 Å². The highest BCUT2D eigenvalue weighted by atomic mass is 16.7. The molecule has 0 aliphatic carbocycles. The summed E-state index contributed by atoms with van der Waals surface area (Å²) in [6.07, 6.45) is 0.760. The van der Waals surface area contributed by atoms with Crippen molar-refractivity contribution in [1.82, 2.24) is 15.0 Å². The fraction of sp³-hybridized carbons (Fsp3) is 0.276. The Labute approximate surface area is 211 Å². The molecule has 0 saturated carbocycles. The normalized spacial score (nSPS) is 16.8. The van der Waals surface area contributed by atoms with E-state index >= 15 is 0 Å². The van der Waals surface area contributed by atoms with Crippen molar-refractivity contribution >= 4 is 34.4 Å². The Balaban J connectivity index is 1.46. The van der Waals surface area contributed by atoms with Crippen molar-refractivity contribution in [2.75, 3.05) is 7.11 Å². The van der Waals surface area contributed by atoms with Crippen LogP contribution in [0.3, 0.4) is 0 Å². The summed E-state index contributed by atoms with van der Waals surface area (Å²) in [4.78, 5) is 12.1. The van der Waals surface area contributed by atoms with Crippen LogP contribution in [0.5, 0.6) is 5.75 Å². The van der Waals surface area contributed by atoms with E-state index in [4.69, 9.17) is 19.0 Å². The van der Waals surface area contributed by atoms with Crippen LogP contribution in [0.1, 0.15) is 39.0 Å². The zero-order chi connectivity index (χ0) is 25.1. The standard InChI is InChI=1S/C29H30BN3O3/c1-28(2)29(3,4)36-30(35-28)19-12-15-21-22(17-19)26(27-32-23-8-6-7-9-24(23)33-27)31-25(21)16-18-10-13-20(34-5)14-11-18/h6-15,17,31H,16H2,1-5H3,(H,32,33). The van der Waals surface area contributed by atoms with Crippen LogP contribution in [0.4, 0.5) is 0 Å². The molecule has 3 aromatic carbocycles. The summed E-state index contributed by atoms with van der Waals surface area (Å²) < 4.78 is 18.0. The van der Waals surface area contributed by atoms with E-state index in [1.807, 2.05) is 36.4 Å². The molecule has 1 fully saturated rings. The van der Waals surface area contributed by atoms with Gasteiger partial charge in [0.25, 0.3) is 0 Å². The van der Waals surface area contributed by atoms with Gasteiger partial charge in [-0.3, -0.25) is 0 Å². The lowest BCUT2D eigenvalue weighted by molar-refractivity contribution is 0.00578. The second-order valence-electron chi connectivity index (χ2n) is 10.5. The third kappa shape index (κ3) is 3.79. The predicted molar refractivity (Wildman–Crippen MR) is 145 cm³/mol. The number of nitrogens with zero attached hydrogens (tertiary/aromatic N) is 1. The number of para-hydroxylation sites is 2. The molecule has 2 aromatic heterocycles. The van der Waals surface area contributed by atoms with Crippen molar-refractivity contribution in [1.29, 1.82) is 0 Å². The van der Waals surface area contributed by atoms with Gasteiger partial charge in [-0.05, 0) is 63.0 Å². The minimum absolute atomic E-state index is 0.397. The Morgan fingerprint density at radius 3 is 2.28 bits per heavy atom. The van der Waals surface area contributed by atoms with E-state index in [-0.39, 0.29) is 0 Å². The van der Waals surface area contributed by atoms with Gasteiger partial charge < -0.3 is 24.0 Å². The minimum Gasteiger partial charge on any atom is -0.497 e. The number of hydrogen-bond donors (Lipinski definition) is 2. The Hall–Kier alpha value is -3.55. The molecule has 1 aliphatic heterocycles. The summed E-state index contributed by atoms with van der Waals surface area (Å²) in [5, 5.41) is 2.24. The maximum atomic E-state index is 6.35. The number of hydrogen-bond acceptors (Lipinski definition) is 4. The first kappa shape index (κ1) is 22.9. The van der Waals surface area contributed by atoms with Crippen LogP contribution in [0.2, 0.25) is 0 Å². The molecular weight excluding hydrogens is 449 g/mol. The topological polar surface area (TPSA) is 72.2 Å². The molecule has 0 spiro atoms. The van der Waals surface area contributed by atoms with E-state index < -0.39 is 18.3 Å². The molecular formula is C29H30BN3O3. The van der Waals surface area contributed by atoms with Gasteiger partial charge in [0.1, 0.15) is 5.75 Å². The van der Waals surface area contributed by atoms with Gasteiger partial charge in [-0.15, -0.1) is 0 Å². The maximum absolute atomic E-state index is 6.35. The molecule has 1 saturated heterocycles. The van der Waals surface area contributed by atoms with Crippen LogP contribution in [-0.4, -0.2) is 40.4 Å². The van der Waals surface area contributed by atoms with E-state index in [9.17, 15) is 0 Å². The van der Waals surface area contributed by atoms with E-state index in [0.717, 1.165) is 56.7 Å². The molecule has 0 bridgehead atoms. The van der Waals surface area contributed by atoms with E-state index in [1.165, 1.54) is 5.56 Å². The molecule has 1 aliphatic rings. The first-order valence-corrected chi connectivity index (χ1v) is 12.3. The van der Waals surface area contributed by atoms with Gasteiger partial charge in [-0.1, -0.05) is 42.5 Å². The molecule has 182 valence electrons. The van der Waals surface area contributed by atoms with Gasteiger partial charge in [0.05, 0.1) is 35.0 Å². The zero-order valence-corrected chi connectivity index (χ0v) is 21.3. The average Bonchev–Trinajstić information content (AvgIpc) is 3.50. The number of aromatic nitrogens is 3. The van der Waals surface area contributed by atoms with Crippen molar-refractivity contribution in [3.63, 3.8) is 0 Å². The van der Waals surface area contributed by atoms with Crippen molar-refractivity contribution in [3.05, 3.63) is 78.0 Å². The third-order valence-electron chi connectivity index (χ3n) is 7.61. The number of imidazole rings is 1. The van der Waals surface area contributed by atoms with Gasteiger partial charge >= 0.3 is 7.12 Å². The highest BCUT2D eigenvalue weighted by molar-refractivity contribution is 6.62. The second kappa shape index (κ2) is 8.25. The van der Waals surface area contributed by atoms with E-state index in [0.29, 0.717) is 0 Å². The molecule has 7 heteroatoms. The number of aromatic amines is 2. The molecule has 5 aromatic rings. The Morgan fingerprint density at radius 2 is 1.58 bits per heavy atom. The van der Waals surface area contributed by atoms with Crippen molar-refractivity contribution in [2.24, 2.45) is 0 Å². The number of ether oxygens (including phenoxy) is 1. The number of H-pyrrole nitrogens is 2. The van der Waals surface area contributed by atoms with Crippen LogP contribution in [0.25, 0.3) is 33.3 Å². The lowest BCUT2D eigenvalue weighted by Gasteiger charge is -2.32. The summed E-state index contributed by atoms with van der Waals surface area (Å²) in [6, 6.07) is 22.7. The number of methoxy groups -OCH3 is 1. The van der Waals surface area contributed by atoms with Crippen molar-refractivity contribution in [2.45, 2.75) is 45.3 Å². The van der Waals surface area contributed by atoms with Crippen LogP contribution < -0.4 is 10.2 Å². The van der Waals surface area contributed by atoms with Gasteiger partial charge in [0.2, 0.25) is 0 Å². The van der Waals surface area contributed by atoms with Crippen LogP contribution >= 0.6 is 0 Å². The fourth-order valence-corrected chi connectivity index (χ4v) is 4.79. The molecule has 0 unspecified atom stereocenters. The van der Waals surface area contributed by atoms with Crippen LogP contribution in [0.15, 0.2) is 66.7 Å². The quantitative estimate of drug-likeness (QED) is 0.322. The molecule has 36 heavy (non-hydrogen) atoms. The van der Waals surface area contributed by atoms with Gasteiger partial charge in [0.15, 0.2) is 5.82 Å². The predicted octanol–water partition coefficient (Wildman–Crippen LogP) is 5.61. The Kier molecular flexibility index (Phi) is 5.25. The molecule has 2 N–H and O–H groups in total. The monoisotopic (exact) mass is 479 g/mol. The van der Waals surface area contributed by atoms with Gasteiger partial charge in [0, 0.05) is 22.9 Å². The minimum atomic E-state index is -0.428. The van der Waals surface area contributed by atoms with E-state index in [1.54, 1.807) is 7.11 Å². The largest absolute Gasteiger partial charge is 0.497 e. The lowest BCUT2D eigenvalue weighted by atomic mass is 9.78. The number of fused-ring (bicyclic) bond motifs is 2. The summed E-state index contributed by atoms with van der Waals surface area (Å²) in [5.41, 5.74) is 5.44. The first-order chi connectivity index (χ1) is 17.2. The molecule has 6 rings (SSSR count). The number of rotatable bonds is 5. The molecule has 0 radical (unpaired) electrons. The SMILES string of the molecule is COc1ccc(Cc2[nH]c(-c3nc4ccccc4[nH]3)c3cc(B4OC(C)(C)C(C)(C)O4)ccc23)cc1. The Morgan fingerprint density at radius 1 is 0.861 bits per heavy atom. The second-order valence-corrected chi connectivity index (χ2v) is 10.5. The van der Waals surface area contributed by atoms with Crippen molar-refractivity contribution in [3.8, 4) is 17.3 Å². The number of nitrogens with one attached hydrogen (secondary N) is 2. The molecule has 0 atom stereocenters. The summed E-state index contributed by atoms with van der Waals surface area (Å²) in [7, 11) is 1.26. The fourth-order valence-electron chi connectivity index (χ4n) is 4.79. The number of benzene rings is 3. The Bertz CT molecular complexity index is 1520. The van der Waals surface area contributed by atoms with Gasteiger partial charge in [-0.2, -0.15) is 0 Å². The molecule has 6 nitrogen and oxygen atoms in total. The zero-order valence-electron chi connectivity index (χ0n) is 21.3. The summed E-state index contributed by atoms with van der Waals surface area (Å²) in [6.45, 7) is 8.31. The lowest BCUT2D eigenvalue weighted by Crippen LogP contribution is -2.41. The summed E-state index contributed by atoms with van der Waals surface area (Å²) >= 11 is 0. The van der Waals surface area contributed by atoms with E-state index in [2.05, 4.69) is 68.0 Å². The first-order valence-electron chi connectivity index (χ1n) is 12.3.